The molecule has 19 heavy (non-hydrogen) atoms. The van der Waals surface area contributed by atoms with Gasteiger partial charge in [0.2, 0.25) is 5.91 Å². The van der Waals surface area contributed by atoms with Gasteiger partial charge in [-0.2, -0.15) is 0 Å². The Bertz CT molecular complexity index is 416. The molecule has 0 atom stereocenters. The molecule has 1 N–H and O–H groups in total. The highest BCUT2D eigenvalue weighted by atomic mass is 16.2. The number of carbonyl (C=O) groups excluding carboxylic acids is 1. The van der Waals surface area contributed by atoms with Gasteiger partial charge in [0.1, 0.15) is 0 Å². The molecule has 1 aliphatic rings. The molecule has 3 nitrogen and oxygen atoms in total. The molecule has 1 fully saturated rings. The quantitative estimate of drug-likeness (QED) is 0.825. The summed E-state index contributed by atoms with van der Waals surface area (Å²) in [6.07, 6.45) is 2.95. The number of hydrogen-bond acceptors (Lipinski definition) is 2. The molecule has 2 rings (SSSR count). The van der Waals surface area contributed by atoms with Crippen molar-refractivity contribution in [2.75, 3.05) is 19.6 Å². The Balaban J connectivity index is 1.73. The van der Waals surface area contributed by atoms with Gasteiger partial charge >= 0.3 is 0 Å². The van der Waals surface area contributed by atoms with Gasteiger partial charge in [0.05, 0.1) is 0 Å². The molecule has 0 saturated carbocycles. The number of benzene rings is 1. The zero-order valence-electron chi connectivity index (χ0n) is 12.0. The first-order valence-electron chi connectivity index (χ1n) is 7.22. The van der Waals surface area contributed by atoms with Gasteiger partial charge in [0, 0.05) is 32.6 Å². The van der Waals surface area contributed by atoms with Crippen LogP contribution in [0.2, 0.25) is 0 Å². The molecule has 1 heterocycles. The van der Waals surface area contributed by atoms with E-state index < -0.39 is 0 Å². The molecule has 0 aromatic heterocycles. The average Bonchev–Trinajstić information content (AvgIpc) is 2.91. The molecule has 1 aromatic rings. The Morgan fingerprint density at radius 2 is 1.84 bits per heavy atom. The van der Waals surface area contributed by atoms with E-state index in [-0.39, 0.29) is 0 Å². The van der Waals surface area contributed by atoms with E-state index in [4.69, 9.17) is 0 Å². The molecule has 0 unspecified atom stereocenters. The molecule has 1 aromatic carbocycles. The van der Waals surface area contributed by atoms with Crippen LogP contribution in [-0.4, -0.2) is 30.4 Å². The zero-order chi connectivity index (χ0) is 13.7. The smallest absolute Gasteiger partial charge is 0.223 e. The van der Waals surface area contributed by atoms with Crippen molar-refractivity contribution in [3.8, 4) is 0 Å². The highest BCUT2D eigenvalue weighted by Gasteiger charge is 2.16. The van der Waals surface area contributed by atoms with Crippen LogP contribution in [0.25, 0.3) is 0 Å². The minimum atomic E-state index is 0.298. The van der Waals surface area contributed by atoms with Crippen molar-refractivity contribution >= 4 is 5.91 Å². The fourth-order valence-corrected chi connectivity index (χ4v) is 2.66. The maximum atomic E-state index is 11.9. The summed E-state index contributed by atoms with van der Waals surface area (Å²) >= 11 is 0. The SMILES string of the molecule is Cc1cccc(C)c1CNCCC(=O)N1CCCC1. The largest absolute Gasteiger partial charge is 0.343 e. The van der Waals surface area contributed by atoms with E-state index in [2.05, 4.69) is 37.4 Å². The van der Waals surface area contributed by atoms with E-state index in [9.17, 15) is 4.79 Å². The predicted octanol–water partition coefficient (Wildman–Crippen LogP) is 2.41. The molecule has 104 valence electrons. The van der Waals surface area contributed by atoms with Crippen LogP contribution in [-0.2, 0) is 11.3 Å². The summed E-state index contributed by atoms with van der Waals surface area (Å²) in [5.74, 6) is 0.298. The van der Waals surface area contributed by atoms with Gasteiger partial charge in [-0.25, -0.2) is 0 Å². The molecular formula is C16H24N2O. The molecule has 1 saturated heterocycles. The van der Waals surface area contributed by atoms with Crippen LogP contribution in [0.4, 0.5) is 0 Å². The number of amides is 1. The van der Waals surface area contributed by atoms with Crippen LogP contribution >= 0.6 is 0 Å². The van der Waals surface area contributed by atoms with Crippen molar-refractivity contribution in [2.24, 2.45) is 0 Å². The van der Waals surface area contributed by atoms with Crippen LogP contribution in [0.5, 0.6) is 0 Å². The minimum Gasteiger partial charge on any atom is -0.343 e. The number of nitrogens with one attached hydrogen (secondary N) is 1. The van der Waals surface area contributed by atoms with E-state index >= 15 is 0 Å². The third kappa shape index (κ3) is 3.80. The van der Waals surface area contributed by atoms with Crippen LogP contribution in [0.3, 0.4) is 0 Å². The Kier molecular flexibility index (Phi) is 4.97. The summed E-state index contributed by atoms with van der Waals surface area (Å²) in [4.78, 5) is 13.9. The summed E-state index contributed by atoms with van der Waals surface area (Å²) in [5.41, 5.74) is 3.99. The van der Waals surface area contributed by atoms with Crippen molar-refractivity contribution in [3.63, 3.8) is 0 Å². The Hall–Kier alpha value is -1.35. The molecule has 0 spiro atoms. The first-order chi connectivity index (χ1) is 9.18. The summed E-state index contributed by atoms with van der Waals surface area (Å²) in [6, 6.07) is 6.36. The summed E-state index contributed by atoms with van der Waals surface area (Å²) in [6.45, 7) is 7.80. The third-order valence-corrected chi connectivity index (χ3v) is 3.92. The van der Waals surface area contributed by atoms with Crippen LogP contribution < -0.4 is 5.32 Å². The fourth-order valence-electron chi connectivity index (χ4n) is 2.66. The molecule has 1 amide bonds. The number of rotatable bonds is 5. The van der Waals surface area contributed by atoms with Crippen molar-refractivity contribution in [1.82, 2.24) is 10.2 Å². The zero-order valence-corrected chi connectivity index (χ0v) is 12.0. The standard InChI is InChI=1S/C16H24N2O/c1-13-6-5-7-14(2)15(13)12-17-9-8-16(19)18-10-3-4-11-18/h5-7,17H,3-4,8-12H2,1-2H3. The Labute approximate surface area is 116 Å². The highest BCUT2D eigenvalue weighted by molar-refractivity contribution is 5.76. The predicted molar refractivity (Wildman–Crippen MR) is 78.1 cm³/mol. The normalized spacial score (nSPS) is 14.9. The van der Waals surface area contributed by atoms with Crippen molar-refractivity contribution in [3.05, 3.63) is 34.9 Å². The van der Waals surface area contributed by atoms with E-state index in [1.54, 1.807) is 0 Å². The molecule has 0 radical (unpaired) electrons. The maximum Gasteiger partial charge on any atom is 0.223 e. The van der Waals surface area contributed by atoms with Crippen molar-refractivity contribution in [2.45, 2.75) is 39.7 Å². The van der Waals surface area contributed by atoms with Gasteiger partial charge in [-0.3, -0.25) is 4.79 Å². The van der Waals surface area contributed by atoms with E-state index in [1.807, 2.05) is 4.90 Å². The molecule has 0 aliphatic carbocycles. The van der Waals surface area contributed by atoms with Gasteiger partial charge in [-0.15, -0.1) is 0 Å². The first-order valence-corrected chi connectivity index (χ1v) is 7.22. The molecular weight excluding hydrogens is 236 g/mol. The second-order valence-electron chi connectivity index (χ2n) is 5.39. The summed E-state index contributed by atoms with van der Waals surface area (Å²) < 4.78 is 0. The number of nitrogens with zero attached hydrogens (tertiary/aromatic N) is 1. The van der Waals surface area contributed by atoms with E-state index in [0.29, 0.717) is 12.3 Å². The van der Waals surface area contributed by atoms with Gasteiger partial charge in [0.25, 0.3) is 0 Å². The lowest BCUT2D eigenvalue weighted by atomic mass is 10.0. The third-order valence-electron chi connectivity index (χ3n) is 3.92. The number of carbonyl (C=O) groups is 1. The number of likely N-dealkylation sites (tertiary alicyclic amines) is 1. The Morgan fingerprint density at radius 1 is 1.21 bits per heavy atom. The van der Waals surface area contributed by atoms with Crippen LogP contribution in [0.1, 0.15) is 36.0 Å². The van der Waals surface area contributed by atoms with E-state index in [0.717, 1.165) is 26.2 Å². The lowest BCUT2D eigenvalue weighted by molar-refractivity contribution is -0.130. The average molecular weight is 260 g/mol. The van der Waals surface area contributed by atoms with Gasteiger partial charge in [-0.1, -0.05) is 18.2 Å². The fraction of sp³-hybridized carbons (Fsp3) is 0.562. The molecule has 1 aliphatic heterocycles. The monoisotopic (exact) mass is 260 g/mol. The van der Waals surface area contributed by atoms with Crippen LogP contribution in [0, 0.1) is 13.8 Å². The van der Waals surface area contributed by atoms with Gasteiger partial charge in [0.15, 0.2) is 0 Å². The summed E-state index contributed by atoms with van der Waals surface area (Å²) in [7, 11) is 0. The topological polar surface area (TPSA) is 32.3 Å². The van der Waals surface area contributed by atoms with Gasteiger partial charge < -0.3 is 10.2 Å². The first kappa shape index (κ1) is 14.1. The highest BCUT2D eigenvalue weighted by Crippen LogP contribution is 2.13. The lowest BCUT2D eigenvalue weighted by Crippen LogP contribution is -2.30. The van der Waals surface area contributed by atoms with Gasteiger partial charge in [-0.05, 0) is 43.4 Å². The van der Waals surface area contributed by atoms with Crippen molar-refractivity contribution < 1.29 is 4.79 Å². The Morgan fingerprint density at radius 3 is 2.47 bits per heavy atom. The molecule has 3 heteroatoms. The lowest BCUT2D eigenvalue weighted by Gasteiger charge is -2.15. The number of hydrogen-bond donors (Lipinski definition) is 1. The second-order valence-corrected chi connectivity index (χ2v) is 5.39. The molecule has 0 bridgehead atoms. The number of aryl methyl sites for hydroxylation is 2. The maximum absolute atomic E-state index is 11.9. The van der Waals surface area contributed by atoms with E-state index in [1.165, 1.54) is 29.5 Å². The second kappa shape index (κ2) is 6.71. The van der Waals surface area contributed by atoms with Crippen LogP contribution in [0.15, 0.2) is 18.2 Å². The summed E-state index contributed by atoms with van der Waals surface area (Å²) in [5, 5.41) is 3.39. The minimum absolute atomic E-state index is 0.298. The van der Waals surface area contributed by atoms with Crippen molar-refractivity contribution in [1.29, 1.82) is 0 Å².